The Balaban J connectivity index is 1.87. The van der Waals surface area contributed by atoms with E-state index >= 15 is 0 Å². The monoisotopic (exact) mass is 299 g/mol. The molecule has 22 heavy (non-hydrogen) atoms. The van der Waals surface area contributed by atoms with Gasteiger partial charge in [0.05, 0.1) is 13.2 Å². The van der Waals surface area contributed by atoms with Crippen LogP contribution in [0.25, 0.3) is 5.65 Å². The maximum atomic E-state index is 12.2. The van der Waals surface area contributed by atoms with Crippen LogP contribution in [0.3, 0.4) is 0 Å². The van der Waals surface area contributed by atoms with E-state index in [-0.39, 0.29) is 0 Å². The minimum Gasteiger partial charge on any atom is -0.492 e. The Morgan fingerprint density at radius 2 is 2.36 bits per heavy atom. The molecule has 0 fully saturated rings. The highest BCUT2D eigenvalue weighted by atomic mass is 16.5. The average molecular weight is 299 g/mol. The van der Waals surface area contributed by atoms with Crippen LogP contribution in [0.1, 0.15) is 23.7 Å². The van der Waals surface area contributed by atoms with E-state index in [1.165, 1.54) is 10.8 Å². The zero-order valence-corrected chi connectivity index (χ0v) is 12.3. The molecule has 6 nitrogen and oxygen atoms in total. The van der Waals surface area contributed by atoms with E-state index < -0.39 is 5.97 Å². The Labute approximate surface area is 128 Å². The van der Waals surface area contributed by atoms with E-state index in [0.717, 1.165) is 6.42 Å². The molecular formula is C16H17N3O3. The highest BCUT2D eigenvalue weighted by Gasteiger charge is 2.21. The summed E-state index contributed by atoms with van der Waals surface area (Å²) < 4.78 is 12.5. The van der Waals surface area contributed by atoms with Gasteiger partial charge in [-0.2, -0.15) is 5.10 Å². The van der Waals surface area contributed by atoms with Gasteiger partial charge in [-0.3, -0.25) is 0 Å². The number of hydrogen-bond acceptors (Lipinski definition) is 5. The molecule has 1 aliphatic rings. The fourth-order valence-electron chi connectivity index (χ4n) is 2.34. The molecule has 0 saturated carbocycles. The summed E-state index contributed by atoms with van der Waals surface area (Å²) >= 11 is 0. The van der Waals surface area contributed by atoms with Crippen molar-refractivity contribution >= 4 is 11.6 Å². The van der Waals surface area contributed by atoms with Crippen LogP contribution in [0.15, 0.2) is 42.9 Å². The van der Waals surface area contributed by atoms with Gasteiger partial charge in [0.2, 0.25) is 0 Å². The number of carbonyl (C=O) groups excluding carboxylic acids is 1. The molecular weight excluding hydrogens is 282 g/mol. The third-order valence-electron chi connectivity index (χ3n) is 3.41. The maximum Gasteiger partial charge on any atom is 0.345 e. The molecule has 6 heteroatoms. The molecule has 0 spiro atoms. The number of nitrogens with zero attached hydrogens (tertiary/aromatic N) is 3. The van der Waals surface area contributed by atoms with Crippen molar-refractivity contribution < 1.29 is 14.3 Å². The summed E-state index contributed by atoms with van der Waals surface area (Å²) in [4.78, 5) is 16.3. The molecule has 0 bridgehead atoms. The van der Waals surface area contributed by atoms with Gasteiger partial charge in [-0.25, -0.2) is 14.3 Å². The van der Waals surface area contributed by atoms with Crippen molar-refractivity contribution in [3.05, 3.63) is 48.5 Å². The Bertz CT molecular complexity index is 733. The number of allylic oxidation sites excluding steroid dienone is 3. The predicted octanol–water partition coefficient (Wildman–Crippen LogP) is 2.42. The molecule has 1 unspecified atom stereocenters. The van der Waals surface area contributed by atoms with Crippen molar-refractivity contribution in [3.63, 3.8) is 0 Å². The van der Waals surface area contributed by atoms with Crippen LogP contribution in [0.5, 0.6) is 5.75 Å². The van der Waals surface area contributed by atoms with Crippen molar-refractivity contribution in [3.8, 4) is 5.75 Å². The summed E-state index contributed by atoms with van der Waals surface area (Å²) in [6, 6.07) is 1.72. The lowest BCUT2D eigenvalue weighted by Gasteiger charge is -2.16. The third kappa shape index (κ3) is 2.86. The van der Waals surface area contributed by atoms with Gasteiger partial charge in [0.15, 0.2) is 5.65 Å². The summed E-state index contributed by atoms with van der Waals surface area (Å²) in [5.74, 6) is 0.325. The van der Waals surface area contributed by atoms with Gasteiger partial charge in [0.1, 0.15) is 17.6 Å². The summed E-state index contributed by atoms with van der Waals surface area (Å²) in [7, 11) is 0. The number of pyridine rings is 1. The quantitative estimate of drug-likeness (QED) is 0.793. The zero-order chi connectivity index (χ0) is 15.4. The molecule has 0 saturated heterocycles. The van der Waals surface area contributed by atoms with Crippen molar-refractivity contribution in [2.24, 2.45) is 5.92 Å². The molecule has 1 atom stereocenters. The van der Waals surface area contributed by atoms with Gasteiger partial charge in [-0.15, -0.1) is 0 Å². The van der Waals surface area contributed by atoms with Crippen LogP contribution in [-0.2, 0) is 4.74 Å². The molecule has 0 radical (unpaired) electrons. The van der Waals surface area contributed by atoms with Crippen LogP contribution < -0.4 is 4.74 Å². The number of fused-ring (bicyclic) bond motifs is 1. The van der Waals surface area contributed by atoms with Crippen molar-refractivity contribution in [1.82, 2.24) is 14.6 Å². The van der Waals surface area contributed by atoms with Crippen molar-refractivity contribution in [2.75, 3.05) is 13.2 Å². The first kappa shape index (κ1) is 14.3. The molecule has 1 aliphatic carbocycles. The SMILES string of the molecule is CCOC(=O)c1c(OCC2C=CC=CC2)ccn2ncnc12. The van der Waals surface area contributed by atoms with E-state index in [2.05, 4.69) is 22.2 Å². The largest absolute Gasteiger partial charge is 0.492 e. The van der Waals surface area contributed by atoms with Crippen LogP contribution in [-0.4, -0.2) is 33.8 Å². The lowest BCUT2D eigenvalue weighted by atomic mass is 10.0. The molecule has 2 heterocycles. The van der Waals surface area contributed by atoms with Crippen LogP contribution in [0, 0.1) is 5.92 Å². The summed E-state index contributed by atoms with van der Waals surface area (Å²) in [6.07, 6.45) is 12.3. The van der Waals surface area contributed by atoms with E-state index in [9.17, 15) is 4.79 Å². The first-order valence-corrected chi connectivity index (χ1v) is 7.25. The number of hydrogen-bond donors (Lipinski definition) is 0. The number of ether oxygens (including phenoxy) is 2. The molecule has 2 aromatic rings. The molecule has 0 aromatic carbocycles. The lowest BCUT2D eigenvalue weighted by molar-refractivity contribution is 0.0522. The van der Waals surface area contributed by atoms with Gasteiger partial charge >= 0.3 is 5.97 Å². The minimum atomic E-state index is -0.449. The zero-order valence-electron chi connectivity index (χ0n) is 12.3. The van der Waals surface area contributed by atoms with Gasteiger partial charge in [0.25, 0.3) is 0 Å². The first-order chi connectivity index (χ1) is 10.8. The predicted molar refractivity (Wildman–Crippen MR) is 80.8 cm³/mol. The molecule has 114 valence electrons. The van der Waals surface area contributed by atoms with Crippen molar-refractivity contribution in [2.45, 2.75) is 13.3 Å². The number of carbonyl (C=O) groups is 1. The van der Waals surface area contributed by atoms with Crippen LogP contribution in [0.4, 0.5) is 0 Å². The first-order valence-electron chi connectivity index (χ1n) is 7.25. The van der Waals surface area contributed by atoms with E-state index in [1.807, 2.05) is 12.2 Å². The molecule has 0 N–H and O–H groups in total. The highest BCUT2D eigenvalue weighted by Crippen LogP contribution is 2.24. The van der Waals surface area contributed by atoms with Crippen molar-refractivity contribution in [1.29, 1.82) is 0 Å². The smallest absolute Gasteiger partial charge is 0.345 e. The topological polar surface area (TPSA) is 65.7 Å². The molecule has 3 rings (SSSR count). The summed E-state index contributed by atoms with van der Waals surface area (Å²) in [5, 5.41) is 4.03. The fraction of sp³-hybridized carbons (Fsp3) is 0.312. The number of esters is 1. The summed E-state index contributed by atoms with van der Waals surface area (Å²) in [5.41, 5.74) is 0.757. The van der Waals surface area contributed by atoms with E-state index in [1.54, 1.807) is 19.2 Å². The molecule has 0 aliphatic heterocycles. The Kier molecular flexibility index (Phi) is 4.18. The van der Waals surface area contributed by atoms with Crippen LogP contribution >= 0.6 is 0 Å². The second-order valence-corrected chi connectivity index (χ2v) is 4.92. The normalized spacial score (nSPS) is 16.9. The number of rotatable bonds is 5. The fourth-order valence-corrected chi connectivity index (χ4v) is 2.34. The van der Waals surface area contributed by atoms with Gasteiger partial charge in [-0.05, 0) is 19.4 Å². The van der Waals surface area contributed by atoms with Gasteiger partial charge in [-0.1, -0.05) is 24.3 Å². The highest BCUT2D eigenvalue weighted by molar-refractivity contribution is 5.98. The molecule has 0 amide bonds. The Morgan fingerprint density at radius 1 is 1.45 bits per heavy atom. The maximum absolute atomic E-state index is 12.2. The van der Waals surface area contributed by atoms with E-state index in [4.69, 9.17) is 9.47 Å². The summed E-state index contributed by atoms with van der Waals surface area (Å²) in [6.45, 7) is 2.56. The third-order valence-corrected chi connectivity index (χ3v) is 3.41. The van der Waals surface area contributed by atoms with E-state index in [0.29, 0.717) is 36.1 Å². The standard InChI is InChI=1S/C16H17N3O3/c1-2-21-16(20)14-13(8-9-19-15(14)17-11-18-19)22-10-12-6-4-3-5-7-12/h3-6,8-9,11-12H,2,7,10H2,1H3. The van der Waals surface area contributed by atoms with Gasteiger partial charge < -0.3 is 9.47 Å². The lowest BCUT2D eigenvalue weighted by Crippen LogP contribution is -2.14. The van der Waals surface area contributed by atoms with Gasteiger partial charge in [0, 0.05) is 12.1 Å². The number of aromatic nitrogens is 3. The second-order valence-electron chi connectivity index (χ2n) is 4.92. The van der Waals surface area contributed by atoms with Crippen LogP contribution in [0.2, 0.25) is 0 Å². The second kappa shape index (κ2) is 6.43. The Morgan fingerprint density at radius 3 is 3.14 bits per heavy atom. The molecule has 2 aromatic heterocycles. The average Bonchev–Trinajstić information content (AvgIpc) is 3.02. The minimum absolute atomic E-state index is 0.295. The Hall–Kier alpha value is -2.63.